The topological polar surface area (TPSA) is 73.0 Å². The fraction of sp³-hybridized carbons (Fsp3) is 0.278. The molecule has 3 aromatic rings. The Labute approximate surface area is 163 Å². The van der Waals surface area contributed by atoms with E-state index in [4.69, 9.17) is 4.42 Å². The zero-order valence-electron chi connectivity index (χ0n) is 14.8. The number of hydrogen-bond donors (Lipinski definition) is 1. The summed E-state index contributed by atoms with van der Waals surface area (Å²) in [5.41, 5.74) is 0.978. The molecule has 1 amide bonds. The fourth-order valence-electron chi connectivity index (χ4n) is 2.42. The summed E-state index contributed by atoms with van der Waals surface area (Å²) in [7, 11) is 0. The van der Waals surface area contributed by atoms with Crippen LogP contribution in [0.15, 0.2) is 58.3 Å². The molecular weight excluding hydrogens is 393 g/mol. The third kappa shape index (κ3) is 5.16. The van der Waals surface area contributed by atoms with Crippen LogP contribution in [-0.2, 0) is 11.3 Å². The van der Waals surface area contributed by atoms with Crippen molar-refractivity contribution < 1.29 is 22.4 Å². The van der Waals surface area contributed by atoms with Gasteiger partial charge in [0.2, 0.25) is 11.7 Å². The molecule has 2 heterocycles. The highest BCUT2D eigenvalue weighted by molar-refractivity contribution is 8.00. The molecule has 6 nitrogen and oxygen atoms in total. The minimum absolute atomic E-state index is 0.407. The van der Waals surface area contributed by atoms with E-state index in [9.17, 15) is 18.0 Å². The van der Waals surface area contributed by atoms with Gasteiger partial charge >= 0.3 is 6.18 Å². The van der Waals surface area contributed by atoms with Crippen molar-refractivity contribution in [2.45, 2.75) is 30.1 Å². The van der Waals surface area contributed by atoms with Gasteiger partial charge < -0.3 is 9.73 Å². The normalized spacial score (nSPS) is 12.7. The molecule has 0 fully saturated rings. The van der Waals surface area contributed by atoms with Crippen LogP contribution in [0, 0.1) is 0 Å². The van der Waals surface area contributed by atoms with E-state index >= 15 is 0 Å². The van der Waals surface area contributed by atoms with E-state index in [-0.39, 0.29) is 0 Å². The molecule has 2 aromatic heterocycles. The molecule has 1 N–H and O–H groups in total. The highest BCUT2D eigenvalue weighted by Gasteiger charge is 2.29. The first-order chi connectivity index (χ1) is 13.3. The van der Waals surface area contributed by atoms with Crippen LogP contribution in [0.4, 0.5) is 13.2 Å². The Bertz CT molecular complexity index is 911. The molecular formula is C18H17F3N4O2S. The van der Waals surface area contributed by atoms with Crippen molar-refractivity contribution in [1.82, 2.24) is 20.1 Å². The number of hydrogen-bond acceptors (Lipinski definition) is 5. The lowest BCUT2D eigenvalue weighted by molar-refractivity contribution is -0.137. The average Bonchev–Trinajstić information content (AvgIpc) is 3.30. The van der Waals surface area contributed by atoms with E-state index in [0.29, 0.717) is 23.3 Å². The third-order valence-corrected chi connectivity index (χ3v) is 4.84. The molecule has 0 saturated carbocycles. The second-order valence-electron chi connectivity index (χ2n) is 5.95. The Balaban J connectivity index is 1.81. The highest BCUT2D eigenvalue weighted by atomic mass is 32.2. The maximum atomic E-state index is 12.3. The van der Waals surface area contributed by atoms with Crippen molar-refractivity contribution in [3.05, 3.63) is 54.3 Å². The van der Waals surface area contributed by atoms with Crippen LogP contribution in [0.3, 0.4) is 0 Å². The second-order valence-corrected chi connectivity index (χ2v) is 7.26. The molecule has 1 unspecified atom stereocenters. The highest BCUT2D eigenvalue weighted by Crippen LogP contribution is 2.28. The molecule has 1 aromatic carbocycles. The number of nitrogens with one attached hydrogen (secondary N) is 1. The second kappa shape index (κ2) is 8.51. The van der Waals surface area contributed by atoms with Crippen molar-refractivity contribution in [2.75, 3.05) is 6.54 Å². The zero-order chi connectivity index (χ0) is 20.1. The maximum Gasteiger partial charge on any atom is 0.405 e. The van der Waals surface area contributed by atoms with Gasteiger partial charge in [-0.25, -0.2) is 0 Å². The van der Waals surface area contributed by atoms with E-state index in [1.54, 1.807) is 16.7 Å². The van der Waals surface area contributed by atoms with Gasteiger partial charge in [0, 0.05) is 0 Å². The smallest absolute Gasteiger partial charge is 0.405 e. The monoisotopic (exact) mass is 410 g/mol. The van der Waals surface area contributed by atoms with E-state index in [1.165, 1.54) is 13.2 Å². The van der Waals surface area contributed by atoms with Crippen molar-refractivity contribution in [2.24, 2.45) is 0 Å². The number of nitrogens with zero attached hydrogens (tertiary/aromatic N) is 3. The predicted molar refractivity (Wildman–Crippen MR) is 97.7 cm³/mol. The average molecular weight is 410 g/mol. The largest absolute Gasteiger partial charge is 0.461 e. The molecule has 148 valence electrons. The van der Waals surface area contributed by atoms with Crippen molar-refractivity contribution in [3.8, 4) is 11.6 Å². The van der Waals surface area contributed by atoms with Crippen LogP contribution in [0.2, 0.25) is 0 Å². The minimum atomic E-state index is -4.46. The van der Waals surface area contributed by atoms with Gasteiger partial charge in [0.15, 0.2) is 10.9 Å². The van der Waals surface area contributed by atoms with Gasteiger partial charge in [-0.3, -0.25) is 9.36 Å². The predicted octanol–water partition coefficient (Wildman–Crippen LogP) is 3.75. The van der Waals surface area contributed by atoms with Crippen LogP contribution < -0.4 is 5.32 Å². The molecule has 0 aliphatic heterocycles. The van der Waals surface area contributed by atoms with Gasteiger partial charge in [-0.1, -0.05) is 42.1 Å². The number of thioether (sulfide) groups is 1. The number of furan rings is 1. The van der Waals surface area contributed by atoms with E-state index < -0.39 is 23.9 Å². The first-order valence-corrected chi connectivity index (χ1v) is 9.23. The number of rotatable bonds is 7. The molecule has 0 aliphatic rings. The Morgan fingerprint density at radius 3 is 2.61 bits per heavy atom. The number of alkyl halides is 3. The molecule has 0 aliphatic carbocycles. The van der Waals surface area contributed by atoms with Gasteiger partial charge in [-0.05, 0) is 24.6 Å². The molecule has 28 heavy (non-hydrogen) atoms. The molecule has 1 atom stereocenters. The Hall–Kier alpha value is -2.75. The summed E-state index contributed by atoms with van der Waals surface area (Å²) in [4.78, 5) is 12.0. The van der Waals surface area contributed by atoms with E-state index in [1.807, 2.05) is 35.6 Å². The van der Waals surface area contributed by atoms with Crippen LogP contribution in [-0.4, -0.2) is 38.6 Å². The van der Waals surface area contributed by atoms with Crippen LogP contribution >= 0.6 is 11.8 Å². The lowest BCUT2D eigenvalue weighted by Crippen LogP contribution is -2.38. The number of carbonyl (C=O) groups is 1. The summed E-state index contributed by atoms with van der Waals surface area (Å²) in [5.74, 6) is 0.250. The lowest BCUT2D eigenvalue weighted by atomic mass is 10.2. The van der Waals surface area contributed by atoms with E-state index in [2.05, 4.69) is 10.2 Å². The molecule has 3 rings (SSSR count). The number of amides is 1. The molecule has 0 radical (unpaired) electrons. The molecule has 0 bridgehead atoms. The Morgan fingerprint density at radius 2 is 1.96 bits per heavy atom. The Morgan fingerprint density at radius 1 is 1.21 bits per heavy atom. The number of carbonyl (C=O) groups excluding carboxylic acids is 1. The van der Waals surface area contributed by atoms with Crippen LogP contribution in [0.5, 0.6) is 0 Å². The maximum absolute atomic E-state index is 12.3. The lowest BCUT2D eigenvalue weighted by Gasteiger charge is -2.14. The van der Waals surface area contributed by atoms with Crippen molar-refractivity contribution >= 4 is 17.7 Å². The number of aromatic nitrogens is 3. The summed E-state index contributed by atoms with van der Waals surface area (Å²) in [6.45, 7) is 0.568. The summed E-state index contributed by atoms with van der Waals surface area (Å²) < 4.78 is 44.1. The first kappa shape index (κ1) is 20.0. The number of halogens is 3. The summed E-state index contributed by atoms with van der Waals surface area (Å²) >= 11 is 1.03. The zero-order valence-corrected chi connectivity index (χ0v) is 15.6. The van der Waals surface area contributed by atoms with Crippen molar-refractivity contribution in [1.29, 1.82) is 0 Å². The Kier molecular flexibility index (Phi) is 6.08. The molecule has 10 heteroatoms. The summed E-state index contributed by atoms with van der Waals surface area (Å²) in [6, 6.07) is 13.0. The first-order valence-electron chi connectivity index (χ1n) is 8.35. The summed E-state index contributed by atoms with van der Waals surface area (Å²) in [5, 5.41) is 9.76. The SMILES string of the molecule is CC(Sc1nnc(-c2ccco2)n1Cc1ccccc1)C(=O)NCC(F)(F)F. The van der Waals surface area contributed by atoms with Crippen molar-refractivity contribution in [3.63, 3.8) is 0 Å². The third-order valence-electron chi connectivity index (χ3n) is 3.76. The van der Waals surface area contributed by atoms with Gasteiger partial charge in [0.25, 0.3) is 0 Å². The van der Waals surface area contributed by atoms with Gasteiger partial charge in [0.1, 0.15) is 6.54 Å². The van der Waals surface area contributed by atoms with Gasteiger partial charge in [-0.15, -0.1) is 10.2 Å². The van der Waals surface area contributed by atoms with Crippen LogP contribution in [0.1, 0.15) is 12.5 Å². The number of benzene rings is 1. The van der Waals surface area contributed by atoms with Crippen LogP contribution in [0.25, 0.3) is 11.6 Å². The minimum Gasteiger partial charge on any atom is -0.461 e. The molecule has 0 saturated heterocycles. The van der Waals surface area contributed by atoms with Gasteiger partial charge in [0.05, 0.1) is 18.1 Å². The quantitative estimate of drug-likeness (QED) is 0.601. The fourth-order valence-corrected chi connectivity index (χ4v) is 3.29. The van der Waals surface area contributed by atoms with E-state index in [0.717, 1.165) is 17.3 Å². The standard InChI is InChI=1S/C18H17F3N4O2S/c1-12(16(26)22-11-18(19,20)21)28-17-24-23-15(14-8-5-9-27-14)25(17)10-13-6-3-2-4-7-13/h2-9,12H,10-11H2,1H3,(H,22,26). The molecule has 0 spiro atoms. The van der Waals surface area contributed by atoms with Gasteiger partial charge in [-0.2, -0.15) is 13.2 Å². The summed E-state index contributed by atoms with van der Waals surface area (Å²) in [6.07, 6.45) is -2.95.